The van der Waals surface area contributed by atoms with Crippen LogP contribution in [-0.4, -0.2) is 61.3 Å². The molecule has 2 spiro atoms. The fourth-order valence-electron chi connectivity index (χ4n) is 16.0. The molecular weight excluding hydrogens is 1040 g/mol. The third-order valence-electron chi connectivity index (χ3n) is 19.2. The second-order valence-electron chi connectivity index (χ2n) is 23.1. The van der Waals surface area contributed by atoms with E-state index >= 15 is 0 Å². The Morgan fingerprint density at radius 3 is 1.31 bits per heavy atom. The number of aromatic hydroxyl groups is 12. The number of hydrogen-bond acceptors (Lipinski definition) is 12. The van der Waals surface area contributed by atoms with Crippen molar-refractivity contribution >= 4 is 10.8 Å². The van der Waals surface area contributed by atoms with Crippen LogP contribution in [0.25, 0.3) is 66.4 Å². The lowest BCUT2D eigenvalue weighted by Crippen LogP contribution is -2.27. The Bertz CT molecular complexity index is 4740. The van der Waals surface area contributed by atoms with Gasteiger partial charge in [-0.2, -0.15) is 0 Å². The van der Waals surface area contributed by atoms with E-state index in [2.05, 4.69) is 135 Å². The summed E-state index contributed by atoms with van der Waals surface area (Å²) in [7, 11) is 0. The van der Waals surface area contributed by atoms with E-state index in [1.165, 1.54) is 17.2 Å². The molecule has 1 unspecified atom stereocenters. The molecular formula is C71H48O12. The number of phenols is 12. The quantitative estimate of drug-likeness (QED) is 0.0582. The fraction of sp³-hybridized carbons (Fsp3) is 0.0986. The molecule has 0 bridgehead atoms. The van der Waals surface area contributed by atoms with E-state index in [0.29, 0.717) is 5.56 Å². The SMILES string of the molecule is CC1(C)c2ccccc2-c2cccc(C(Cc3ccc4c(c3)-c3c(ccc5ccccc35)C43c4ccccc4-c4ccccc43)c3cccc4c3-c3c(O)c(O)c(O)c(O)c3C43c4c(O)c(O)c(O)c(O)c4-c4c(O)c(O)c(O)c(O)c43)c21. The van der Waals surface area contributed by atoms with E-state index in [9.17, 15) is 61.3 Å². The van der Waals surface area contributed by atoms with Crippen LogP contribution in [0.15, 0.2) is 164 Å². The second-order valence-corrected chi connectivity index (χ2v) is 23.1. The van der Waals surface area contributed by atoms with Crippen LogP contribution < -0.4 is 0 Å². The lowest BCUT2D eigenvalue weighted by atomic mass is 9.68. The van der Waals surface area contributed by atoms with Gasteiger partial charge in [0.15, 0.2) is 34.5 Å². The molecule has 0 heterocycles. The average molecular weight is 1090 g/mol. The van der Waals surface area contributed by atoms with Crippen molar-refractivity contribution in [2.45, 2.75) is 42.4 Å². The Balaban J connectivity index is 1.02. The molecule has 12 N–H and O–H groups in total. The summed E-state index contributed by atoms with van der Waals surface area (Å²) in [6.07, 6.45) is 0.251. The van der Waals surface area contributed by atoms with Gasteiger partial charge in [-0.3, -0.25) is 0 Å². The maximum absolute atomic E-state index is 12.6. The summed E-state index contributed by atoms with van der Waals surface area (Å²) in [4.78, 5) is 0. The van der Waals surface area contributed by atoms with Crippen molar-refractivity contribution < 1.29 is 61.3 Å². The molecule has 0 aromatic heterocycles. The van der Waals surface area contributed by atoms with Crippen LogP contribution in [0.1, 0.15) is 92.1 Å². The standard InChI is InChI=1S/C71H48O12/c1-69(2)42-21-8-5-17-36(42)38-19-11-20-39(53(38)69)40(29-31-25-27-45-41(30-31)48-33-14-4-3-13-32(33)26-28-47(48)70(45)43-22-9-6-15-34(43)35-16-7-10-23-44(35)70)37-18-12-24-46-49(37)50-54(60(75)66(81)63(78)57(50)72)71(46)55-51(58(73)64(79)67(82)61(55)76)52-56(71)62(77)68(83)65(80)59(52)74/h3-28,30,40,72-83H,29H2,1-2H3. The first-order valence-corrected chi connectivity index (χ1v) is 27.2. The monoisotopic (exact) mass is 1090 g/mol. The summed E-state index contributed by atoms with van der Waals surface area (Å²) in [5, 5.41) is 144. The Kier molecular flexibility index (Phi) is 9.18. The van der Waals surface area contributed by atoms with Gasteiger partial charge < -0.3 is 61.3 Å². The van der Waals surface area contributed by atoms with E-state index < -0.39 is 119 Å². The van der Waals surface area contributed by atoms with Crippen molar-refractivity contribution in [1.29, 1.82) is 0 Å². The number of benzene rings is 11. The molecule has 404 valence electrons. The molecule has 16 rings (SSSR count). The smallest absolute Gasteiger partial charge is 0.204 e. The minimum absolute atomic E-state index is 0.0184. The van der Waals surface area contributed by atoms with Gasteiger partial charge >= 0.3 is 0 Å². The summed E-state index contributed by atoms with van der Waals surface area (Å²) >= 11 is 0. The molecule has 5 aliphatic carbocycles. The van der Waals surface area contributed by atoms with E-state index in [4.69, 9.17) is 0 Å². The highest BCUT2D eigenvalue weighted by molar-refractivity contribution is 6.09. The zero-order chi connectivity index (χ0) is 57.2. The van der Waals surface area contributed by atoms with Crippen molar-refractivity contribution in [2.75, 3.05) is 0 Å². The van der Waals surface area contributed by atoms with Crippen LogP contribution in [-0.2, 0) is 22.7 Å². The molecule has 83 heavy (non-hydrogen) atoms. The van der Waals surface area contributed by atoms with Crippen molar-refractivity contribution in [3.63, 3.8) is 0 Å². The largest absolute Gasteiger partial charge is 0.504 e. The molecule has 0 amide bonds. The summed E-state index contributed by atoms with van der Waals surface area (Å²) in [6.45, 7) is 4.33. The first-order chi connectivity index (χ1) is 40.0. The van der Waals surface area contributed by atoms with Gasteiger partial charge in [0.2, 0.25) is 34.5 Å². The van der Waals surface area contributed by atoms with Gasteiger partial charge in [0.05, 0.1) is 10.8 Å². The number of fused-ring (bicyclic) bond motifs is 25. The molecule has 0 fully saturated rings. The lowest BCUT2D eigenvalue weighted by molar-refractivity contribution is 0.337. The first-order valence-electron chi connectivity index (χ1n) is 27.2. The molecule has 0 aliphatic heterocycles. The molecule has 1 atom stereocenters. The van der Waals surface area contributed by atoms with E-state index in [0.717, 1.165) is 77.5 Å². The zero-order valence-electron chi connectivity index (χ0n) is 44.2. The molecule has 11 aromatic rings. The van der Waals surface area contributed by atoms with Crippen LogP contribution in [0.5, 0.6) is 69.0 Å². The van der Waals surface area contributed by atoms with Gasteiger partial charge in [-0.15, -0.1) is 0 Å². The third kappa shape index (κ3) is 5.42. The molecule has 5 aliphatic rings. The third-order valence-corrected chi connectivity index (χ3v) is 19.2. The Morgan fingerprint density at radius 1 is 0.301 bits per heavy atom. The van der Waals surface area contributed by atoms with Gasteiger partial charge in [0, 0.05) is 44.7 Å². The van der Waals surface area contributed by atoms with Crippen LogP contribution in [0, 0.1) is 0 Å². The topological polar surface area (TPSA) is 243 Å². The Morgan fingerprint density at radius 2 is 0.723 bits per heavy atom. The maximum atomic E-state index is 12.6. The second kappa shape index (κ2) is 15.8. The molecule has 0 radical (unpaired) electrons. The van der Waals surface area contributed by atoms with E-state index in [1.54, 1.807) is 6.07 Å². The lowest BCUT2D eigenvalue weighted by Gasteiger charge is -2.33. The maximum Gasteiger partial charge on any atom is 0.204 e. The van der Waals surface area contributed by atoms with Gasteiger partial charge in [-0.25, -0.2) is 0 Å². The highest BCUT2D eigenvalue weighted by Crippen LogP contribution is 2.77. The number of phenolic OH excluding ortho intramolecular Hbond substituents is 12. The number of rotatable bonds is 4. The predicted molar refractivity (Wildman–Crippen MR) is 313 cm³/mol. The summed E-state index contributed by atoms with van der Waals surface area (Å²) in [5.41, 5.74) is 8.22. The highest BCUT2D eigenvalue weighted by Gasteiger charge is 2.62. The minimum Gasteiger partial charge on any atom is -0.504 e. The van der Waals surface area contributed by atoms with E-state index in [-0.39, 0.29) is 23.1 Å². The van der Waals surface area contributed by atoms with Crippen molar-refractivity contribution in [3.05, 3.63) is 236 Å². The van der Waals surface area contributed by atoms with Crippen LogP contribution in [0.4, 0.5) is 0 Å². The van der Waals surface area contributed by atoms with Gasteiger partial charge in [-0.1, -0.05) is 178 Å². The van der Waals surface area contributed by atoms with Gasteiger partial charge in [0.1, 0.15) is 0 Å². The zero-order valence-corrected chi connectivity index (χ0v) is 44.2. The van der Waals surface area contributed by atoms with Crippen molar-refractivity contribution in [1.82, 2.24) is 0 Å². The van der Waals surface area contributed by atoms with Crippen molar-refractivity contribution in [2.24, 2.45) is 0 Å². The van der Waals surface area contributed by atoms with Gasteiger partial charge in [-0.05, 0) is 112 Å². The summed E-state index contributed by atoms with van der Waals surface area (Å²) in [5.74, 6) is -14.8. The van der Waals surface area contributed by atoms with Gasteiger partial charge in [0.25, 0.3) is 0 Å². The average Bonchev–Trinajstić information content (AvgIpc) is 1.80. The summed E-state index contributed by atoms with van der Waals surface area (Å²) in [6, 6.07) is 56.0. The molecule has 11 aromatic carbocycles. The Labute approximate surface area is 473 Å². The number of hydrogen-bond donors (Lipinski definition) is 12. The van der Waals surface area contributed by atoms with E-state index in [1.807, 2.05) is 30.3 Å². The first kappa shape index (κ1) is 48.2. The Hall–Kier alpha value is -10.7. The highest BCUT2D eigenvalue weighted by atomic mass is 16.4. The molecule has 0 saturated carbocycles. The summed E-state index contributed by atoms with van der Waals surface area (Å²) < 4.78 is 0. The van der Waals surface area contributed by atoms with Crippen molar-refractivity contribution in [3.8, 4) is 125 Å². The minimum atomic E-state index is -2.57. The van der Waals surface area contributed by atoms with Crippen LogP contribution in [0.2, 0.25) is 0 Å². The normalized spacial score (nSPS) is 15.3. The fourth-order valence-corrected chi connectivity index (χ4v) is 16.0. The molecule has 12 nitrogen and oxygen atoms in total. The molecule has 12 heteroatoms. The van der Waals surface area contributed by atoms with Crippen LogP contribution >= 0.6 is 0 Å². The van der Waals surface area contributed by atoms with Crippen LogP contribution in [0.3, 0.4) is 0 Å². The molecule has 0 saturated heterocycles. The predicted octanol–water partition coefficient (Wildman–Crippen LogP) is 13.7.